The summed E-state index contributed by atoms with van der Waals surface area (Å²) in [7, 11) is 0. The zero-order valence-electron chi connectivity index (χ0n) is 13.3. The molecule has 1 amide bonds. The van der Waals surface area contributed by atoms with Gasteiger partial charge in [0.15, 0.2) is 0 Å². The molecular weight excluding hydrogens is 348 g/mol. The molecule has 0 bridgehead atoms. The van der Waals surface area contributed by atoms with Crippen molar-refractivity contribution in [1.29, 1.82) is 0 Å². The summed E-state index contributed by atoms with van der Waals surface area (Å²) in [6.07, 6.45) is 0. The second-order valence-corrected chi connectivity index (χ2v) is 5.49. The fourth-order valence-electron chi connectivity index (χ4n) is 2.08. The highest BCUT2D eigenvalue weighted by Gasteiger charge is 2.18. The Morgan fingerprint density at radius 1 is 1.40 bits per heavy atom. The van der Waals surface area contributed by atoms with Crippen LogP contribution in [0.1, 0.15) is 28.7 Å². The van der Waals surface area contributed by atoms with Crippen molar-refractivity contribution in [3.63, 3.8) is 0 Å². The average molecular weight is 361 g/mol. The van der Waals surface area contributed by atoms with Crippen LogP contribution in [-0.4, -0.2) is 36.9 Å². The molecule has 2 heterocycles. The number of rotatable bonds is 4. The van der Waals surface area contributed by atoms with Gasteiger partial charge in [-0.05, 0) is 42.4 Å². The lowest BCUT2D eigenvalue weighted by molar-refractivity contribution is 0.0955. The lowest BCUT2D eigenvalue weighted by Crippen LogP contribution is -2.19. The Bertz CT molecular complexity index is 961. The van der Waals surface area contributed by atoms with E-state index in [9.17, 15) is 4.79 Å². The van der Waals surface area contributed by atoms with Crippen LogP contribution in [0.2, 0.25) is 5.02 Å². The summed E-state index contributed by atoms with van der Waals surface area (Å²) in [5, 5.41) is 19.6. The van der Waals surface area contributed by atoms with E-state index in [1.807, 2.05) is 0 Å². The number of carbonyl (C=O) groups is 1. The van der Waals surface area contributed by atoms with Crippen molar-refractivity contribution in [2.75, 3.05) is 5.73 Å². The quantitative estimate of drug-likeness (QED) is 0.529. The zero-order valence-corrected chi connectivity index (χ0v) is 14.0. The fraction of sp³-hybridized carbons (Fsp3) is 0.143. The standard InChI is InChI=1S/C14H13ClN8O2/c1-7(17-19-14(24)9-4-3-5-10(15)6-9)11-8(2)23(22-18-11)13-12(16)20-25-21-13/h3-6H,1-2H3,(H2,16,20)(H,19,24). The lowest BCUT2D eigenvalue weighted by atomic mass is 10.2. The first-order valence-corrected chi connectivity index (χ1v) is 7.46. The topological polar surface area (TPSA) is 137 Å². The SMILES string of the molecule is CC(=NNC(=O)c1cccc(Cl)c1)c1nnn(-c2nonc2N)c1C. The minimum absolute atomic E-state index is 0.0865. The molecule has 0 radical (unpaired) electrons. The van der Waals surface area contributed by atoms with Gasteiger partial charge in [0.1, 0.15) is 5.69 Å². The van der Waals surface area contributed by atoms with Crippen molar-refractivity contribution in [3.05, 3.63) is 46.2 Å². The molecule has 0 spiro atoms. The third-order valence-electron chi connectivity index (χ3n) is 3.35. The van der Waals surface area contributed by atoms with E-state index in [0.29, 0.717) is 27.7 Å². The number of nitrogen functional groups attached to an aromatic ring is 1. The number of nitrogens with two attached hydrogens (primary N) is 1. The van der Waals surface area contributed by atoms with E-state index >= 15 is 0 Å². The molecule has 25 heavy (non-hydrogen) atoms. The maximum absolute atomic E-state index is 12.1. The summed E-state index contributed by atoms with van der Waals surface area (Å²) in [6, 6.07) is 6.54. The molecule has 10 nitrogen and oxygen atoms in total. The Balaban J connectivity index is 1.80. The minimum atomic E-state index is -0.392. The van der Waals surface area contributed by atoms with Gasteiger partial charge in [-0.15, -0.1) is 5.10 Å². The zero-order chi connectivity index (χ0) is 18.0. The minimum Gasteiger partial charge on any atom is -0.378 e. The molecule has 3 N–H and O–H groups in total. The van der Waals surface area contributed by atoms with Crippen molar-refractivity contribution in [1.82, 2.24) is 30.7 Å². The average Bonchev–Trinajstić information content (AvgIpc) is 3.17. The molecule has 128 valence electrons. The molecule has 0 saturated heterocycles. The maximum Gasteiger partial charge on any atom is 0.271 e. The second-order valence-electron chi connectivity index (χ2n) is 5.06. The lowest BCUT2D eigenvalue weighted by Gasteiger charge is -2.02. The molecule has 0 aliphatic heterocycles. The van der Waals surface area contributed by atoms with Crippen LogP contribution < -0.4 is 11.2 Å². The molecule has 0 aliphatic rings. The van der Waals surface area contributed by atoms with E-state index in [0.717, 1.165) is 0 Å². The summed E-state index contributed by atoms with van der Waals surface area (Å²) < 4.78 is 5.92. The van der Waals surface area contributed by atoms with E-state index in [1.54, 1.807) is 38.1 Å². The maximum atomic E-state index is 12.1. The number of nitrogens with one attached hydrogen (secondary N) is 1. The van der Waals surface area contributed by atoms with Gasteiger partial charge in [-0.1, -0.05) is 22.9 Å². The molecule has 1 aromatic carbocycles. The molecule has 11 heteroatoms. The number of carbonyl (C=O) groups excluding carboxylic acids is 1. The van der Waals surface area contributed by atoms with Gasteiger partial charge in [-0.25, -0.2) is 10.1 Å². The monoisotopic (exact) mass is 360 g/mol. The molecule has 0 aliphatic carbocycles. The van der Waals surface area contributed by atoms with E-state index in [4.69, 9.17) is 17.3 Å². The molecule has 0 atom stereocenters. The van der Waals surface area contributed by atoms with Gasteiger partial charge in [0.2, 0.25) is 11.6 Å². The van der Waals surface area contributed by atoms with Gasteiger partial charge in [-0.3, -0.25) is 4.79 Å². The summed E-state index contributed by atoms with van der Waals surface area (Å²) in [4.78, 5) is 12.1. The van der Waals surface area contributed by atoms with Gasteiger partial charge in [-0.2, -0.15) is 9.78 Å². The van der Waals surface area contributed by atoms with E-state index in [-0.39, 0.29) is 11.6 Å². The molecular formula is C14H13ClN8O2. The number of aromatic nitrogens is 5. The van der Waals surface area contributed by atoms with E-state index in [1.165, 1.54) is 4.68 Å². The fourth-order valence-corrected chi connectivity index (χ4v) is 2.27. The van der Waals surface area contributed by atoms with Crippen LogP contribution in [0, 0.1) is 6.92 Å². The van der Waals surface area contributed by atoms with Gasteiger partial charge in [0.25, 0.3) is 5.91 Å². The number of benzene rings is 1. The molecule has 3 rings (SSSR count). The van der Waals surface area contributed by atoms with Crippen LogP contribution in [0.5, 0.6) is 0 Å². The highest BCUT2D eigenvalue weighted by Crippen LogP contribution is 2.15. The van der Waals surface area contributed by atoms with E-state index in [2.05, 4.69) is 35.8 Å². The molecule has 0 saturated carbocycles. The Kier molecular flexibility index (Phi) is 4.44. The largest absolute Gasteiger partial charge is 0.378 e. The molecule has 2 aromatic heterocycles. The normalized spacial score (nSPS) is 11.6. The molecule has 0 unspecified atom stereocenters. The number of hydrogen-bond donors (Lipinski definition) is 2. The van der Waals surface area contributed by atoms with Crippen LogP contribution in [0.3, 0.4) is 0 Å². The third-order valence-corrected chi connectivity index (χ3v) is 3.58. The van der Waals surface area contributed by atoms with Gasteiger partial charge in [0, 0.05) is 10.6 Å². The Morgan fingerprint density at radius 3 is 2.88 bits per heavy atom. The van der Waals surface area contributed by atoms with Crippen LogP contribution in [0.25, 0.3) is 5.82 Å². The highest BCUT2D eigenvalue weighted by molar-refractivity contribution is 6.30. The first kappa shape index (κ1) is 16.6. The highest BCUT2D eigenvalue weighted by atomic mass is 35.5. The van der Waals surface area contributed by atoms with Crippen LogP contribution in [0.15, 0.2) is 34.0 Å². The number of halogens is 1. The Morgan fingerprint density at radius 2 is 2.20 bits per heavy atom. The number of amides is 1. The first-order chi connectivity index (χ1) is 12.0. The van der Waals surface area contributed by atoms with Crippen molar-refractivity contribution in [3.8, 4) is 5.82 Å². The predicted molar refractivity (Wildman–Crippen MR) is 89.5 cm³/mol. The van der Waals surface area contributed by atoms with Crippen molar-refractivity contribution in [2.24, 2.45) is 5.10 Å². The van der Waals surface area contributed by atoms with Gasteiger partial charge in [0.05, 0.1) is 11.4 Å². The summed E-state index contributed by atoms with van der Waals surface area (Å²) in [5.74, 6) is -0.0766. The molecule has 0 fully saturated rings. The number of anilines is 1. The smallest absolute Gasteiger partial charge is 0.271 e. The third kappa shape index (κ3) is 3.33. The number of hydrogen-bond acceptors (Lipinski definition) is 8. The predicted octanol–water partition coefficient (Wildman–Crippen LogP) is 1.35. The van der Waals surface area contributed by atoms with Crippen LogP contribution >= 0.6 is 11.6 Å². The number of nitrogens with zero attached hydrogens (tertiary/aromatic N) is 6. The molecule has 3 aromatic rings. The van der Waals surface area contributed by atoms with Crippen molar-refractivity contribution < 1.29 is 9.42 Å². The summed E-state index contributed by atoms with van der Waals surface area (Å²) >= 11 is 5.87. The van der Waals surface area contributed by atoms with Crippen LogP contribution in [-0.2, 0) is 0 Å². The summed E-state index contributed by atoms with van der Waals surface area (Å²) in [5.41, 5.74) is 10.0. The summed E-state index contributed by atoms with van der Waals surface area (Å²) in [6.45, 7) is 3.44. The van der Waals surface area contributed by atoms with Gasteiger partial charge >= 0.3 is 0 Å². The Hall–Kier alpha value is -3.27. The number of hydrazone groups is 1. The Labute approximate surface area is 146 Å². The second kappa shape index (κ2) is 6.69. The van der Waals surface area contributed by atoms with Crippen LogP contribution in [0.4, 0.5) is 5.82 Å². The van der Waals surface area contributed by atoms with Gasteiger partial charge < -0.3 is 5.73 Å². The first-order valence-electron chi connectivity index (χ1n) is 7.08. The van der Waals surface area contributed by atoms with Crippen molar-refractivity contribution in [2.45, 2.75) is 13.8 Å². The van der Waals surface area contributed by atoms with E-state index < -0.39 is 5.91 Å². The van der Waals surface area contributed by atoms with Crippen molar-refractivity contribution >= 4 is 29.0 Å².